The Balaban J connectivity index is 0.000000273. The summed E-state index contributed by atoms with van der Waals surface area (Å²) in [6.07, 6.45) is 27.9. The van der Waals surface area contributed by atoms with Crippen LogP contribution in [0.25, 0.3) is 60.8 Å². The molecule has 7 aromatic carbocycles. The standard InChI is InChI=1S/C24H26N2O4S.C17H20N2O2.C15H14N2O4.C15H16N2O2.C13H9ClN2O2.C7H7ClO2S.C2H6O2.2ClH.Sn/c1-19-4-13-23(14-5-19)31(27,28)30-17-16-29-24-15-10-21(18-25-24)7-6-20-8-11-22(12-9-20)26(2)3;1-19(2)16-8-5-14(6-9-16)3-4-15-7-10-17(18-13-15)21-12-11-20;18-9-10-21-15-8-5-13(11-16-15)2-1-12-3-6-14(7-4-12)17(19)20;16-14-6-3-12(4-7-14)1-2-13-5-8-15(17-11-13)19-10-9-18;14-13-8-5-11(9-15-13)2-1-10-3-6-12(7-4-10)16(17)18;1-6-2-4-7(5-3-6)11(8,9)10;3-1-2-4;;;/h4-15,18H,16-17H2,1-3H3;3-10,13,20H,11-12H2,1-2H3;1-8,11,18H,9-10H2;1-8,11,18H,9-10,16H2;1-9H;2-5H,1H3;3-4H,1-2H2;2*1H;/q;;;;;;;;;+2/p-2/b7-6+;4-3+;3*2-1+;;;;;. The van der Waals surface area contributed by atoms with E-state index in [9.17, 15) is 37.1 Å². The van der Waals surface area contributed by atoms with Crippen molar-refractivity contribution >= 4 is 167 Å². The van der Waals surface area contributed by atoms with Crippen LogP contribution in [0.5, 0.6) is 23.5 Å². The quantitative estimate of drug-likeness (QED) is 0.00343. The van der Waals surface area contributed by atoms with Crippen LogP contribution in [0.4, 0.5) is 28.4 Å². The van der Waals surface area contributed by atoms with E-state index < -0.39 is 47.9 Å². The molecule has 12 aromatic rings. The van der Waals surface area contributed by atoms with E-state index in [-0.39, 0.29) is 87.2 Å². The fraction of sp³-hybridized carbons (Fsp3) is 0.172. The molecule has 0 amide bonds. The number of ether oxygens (including phenoxy) is 4. The Bertz CT molecular complexity index is 5600. The molecule has 0 bridgehead atoms. The van der Waals surface area contributed by atoms with Gasteiger partial charge in [0.2, 0.25) is 23.5 Å². The molecule has 12 rings (SSSR count). The van der Waals surface area contributed by atoms with Crippen LogP contribution in [0.1, 0.15) is 66.8 Å². The summed E-state index contributed by atoms with van der Waals surface area (Å²) in [4.78, 5) is 45.2. The van der Waals surface area contributed by atoms with Crippen LogP contribution in [-0.4, -0.2) is 190 Å². The summed E-state index contributed by atoms with van der Waals surface area (Å²) >= 11 is 4.85. The Hall–Kier alpha value is -12.0. The van der Waals surface area contributed by atoms with Gasteiger partial charge in [-0.25, -0.2) is 33.3 Å². The Morgan fingerprint density at radius 3 is 0.875 bits per heavy atom. The number of non-ortho nitro benzene ring substituents is 2. The molecule has 0 aliphatic heterocycles. The van der Waals surface area contributed by atoms with Crippen molar-refractivity contribution in [2.45, 2.75) is 23.6 Å². The van der Waals surface area contributed by atoms with Crippen molar-refractivity contribution in [3.8, 4) is 23.5 Å². The van der Waals surface area contributed by atoms with Crippen molar-refractivity contribution in [1.82, 2.24) is 24.9 Å². The number of rotatable bonds is 31. The number of hydrogen-bond donors (Lipinski definition) is 6. The molecule has 5 heterocycles. The van der Waals surface area contributed by atoms with E-state index in [2.05, 4.69) is 83.3 Å². The van der Waals surface area contributed by atoms with E-state index in [0.717, 1.165) is 78.1 Å². The third kappa shape index (κ3) is 44.0. The van der Waals surface area contributed by atoms with E-state index in [1.807, 2.05) is 157 Å². The Kier molecular flexibility index (Phi) is 49.8. The van der Waals surface area contributed by atoms with Gasteiger partial charge in [-0.15, -0.1) is 0 Å². The summed E-state index contributed by atoms with van der Waals surface area (Å²) in [5, 5.41) is 62.7. The number of aliphatic hydroxyl groups excluding tert-OH is 5. The number of nitro groups is 2. The predicted molar refractivity (Wildman–Crippen MR) is 513 cm³/mol. The number of aliphatic hydroxyl groups is 5. The van der Waals surface area contributed by atoms with Gasteiger partial charge in [0.25, 0.3) is 30.5 Å². The number of nitro benzene ring substituents is 2. The molecule has 0 fully saturated rings. The summed E-state index contributed by atoms with van der Waals surface area (Å²) in [6.45, 7) is 4.16. The number of nitrogens with two attached hydrogens (primary N) is 1. The number of aryl methyl sites for hydroxylation is 2. The minimum atomic E-state index is -3.79. The average molecular weight is 1970 g/mol. The summed E-state index contributed by atoms with van der Waals surface area (Å²) in [6, 6.07) is 67.9. The molecule has 35 heteroatoms. The van der Waals surface area contributed by atoms with Gasteiger partial charge in [-0.05, 0) is 185 Å². The second kappa shape index (κ2) is 59.9. The first-order chi connectivity index (χ1) is 61.5. The topological polar surface area (TPSA) is 399 Å². The molecule has 28 nitrogen and oxygen atoms in total. The Morgan fingerprint density at radius 2 is 0.625 bits per heavy atom. The summed E-state index contributed by atoms with van der Waals surface area (Å²) < 4.78 is 71.8. The van der Waals surface area contributed by atoms with Crippen LogP contribution in [0.3, 0.4) is 0 Å². The van der Waals surface area contributed by atoms with Crippen LogP contribution in [-0.2, 0) is 23.4 Å². The van der Waals surface area contributed by atoms with Gasteiger partial charge in [-0.1, -0.05) is 150 Å². The summed E-state index contributed by atoms with van der Waals surface area (Å²) in [5.41, 5.74) is 20.6. The third-order valence-corrected chi connectivity index (χ3v) is 19.3. The molecule has 0 saturated carbocycles. The zero-order valence-corrected chi connectivity index (χ0v) is 78.2. The van der Waals surface area contributed by atoms with E-state index in [1.165, 1.54) is 54.2 Å². The number of nitrogens with zero attached hydrogens (tertiary/aromatic N) is 9. The molecule has 0 spiro atoms. The van der Waals surface area contributed by atoms with Crippen LogP contribution in [0.2, 0.25) is 5.15 Å². The van der Waals surface area contributed by atoms with Crippen LogP contribution >= 0.6 is 40.1 Å². The number of nitrogen functional groups attached to an aromatic ring is 1. The molecule has 0 aliphatic carbocycles. The second-order valence-corrected chi connectivity index (χ2v) is 35.4. The molecular weight excluding hydrogens is 1870 g/mol. The van der Waals surface area contributed by atoms with Gasteiger partial charge in [-0.2, -0.15) is 8.42 Å². The zero-order chi connectivity index (χ0) is 93.5. The monoisotopic (exact) mass is 1970 g/mol. The van der Waals surface area contributed by atoms with Crippen molar-refractivity contribution < 1.29 is 75.3 Å². The van der Waals surface area contributed by atoms with Gasteiger partial charge >= 0.3 is 36.7 Å². The molecule has 0 unspecified atom stereocenters. The maximum absolute atomic E-state index is 12.1. The molecule has 0 atom stereocenters. The number of aromatic nitrogens is 5. The number of benzene rings is 7. The molecule has 7 N–H and O–H groups in total. The van der Waals surface area contributed by atoms with Gasteiger partial charge < -0.3 is 60.0 Å². The molecular formula is C93H98Cl4N10O18S2Sn. The summed E-state index contributed by atoms with van der Waals surface area (Å²) in [5.74, 6) is 1.90. The van der Waals surface area contributed by atoms with Crippen molar-refractivity contribution in [1.29, 1.82) is 0 Å². The van der Waals surface area contributed by atoms with Gasteiger partial charge in [0.05, 0.1) is 52.7 Å². The molecule has 0 saturated heterocycles. The summed E-state index contributed by atoms with van der Waals surface area (Å²) in [7, 11) is 15.7. The molecule has 128 heavy (non-hydrogen) atoms. The third-order valence-electron chi connectivity index (χ3n) is 16.4. The number of halogens is 4. The first-order valence-corrected chi connectivity index (χ1v) is 50.0. The van der Waals surface area contributed by atoms with Gasteiger partial charge in [0.15, 0.2) is 0 Å². The van der Waals surface area contributed by atoms with E-state index in [1.54, 1.807) is 110 Å². The zero-order valence-electron chi connectivity index (χ0n) is 70.6. The van der Waals surface area contributed by atoms with Gasteiger partial charge in [-0.3, -0.25) is 24.4 Å². The van der Waals surface area contributed by atoms with Crippen LogP contribution < -0.4 is 34.5 Å². The normalized spacial score (nSPS) is 10.8. The van der Waals surface area contributed by atoms with Crippen molar-refractivity contribution in [3.05, 3.63) is 354 Å². The Labute approximate surface area is 772 Å². The van der Waals surface area contributed by atoms with E-state index >= 15 is 0 Å². The fourth-order valence-corrected chi connectivity index (χ4v) is 11.5. The van der Waals surface area contributed by atoms with Crippen molar-refractivity contribution in [2.24, 2.45) is 0 Å². The van der Waals surface area contributed by atoms with Crippen LogP contribution in [0, 0.1) is 34.1 Å². The van der Waals surface area contributed by atoms with E-state index in [4.69, 9.17) is 94.5 Å². The Morgan fingerprint density at radius 1 is 0.367 bits per heavy atom. The second-order valence-electron chi connectivity index (χ2n) is 26.6. The average Bonchev–Trinajstić information content (AvgIpc) is 0.844. The van der Waals surface area contributed by atoms with Crippen molar-refractivity contribution in [3.63, 3.8) is 0 Å². The SMILES string of the molecule is CN(C)c1ccc(/C=C/c2ccc(OCCO)nc2)cc1.Cc1ccc(S(=O)(=O)Cl)cc1.Cc1ccc(S(=O)(=O)OCCOc2ccc(/C=C/c3ccc(N(C)C)cc3)cn2)cc1.Nc1ccc(/C=C/c2ccc(OCCO)nc2)cc1.O=[N+]([O-])c1ccc(/C=C/c2ccc(Cl)nc2)cc1.O=[N+]([O-])c1ccc(/C=C/c2ccc(OCCO)nc2)cc1.OCCO.[Cl][Sn][Cl]. The van der Waals surface area contributed by atoms with Gasteiger partial charge in [0, 0.05) is 135 Å². The first-order valence-electron chi connectivity index (χ1n) is 38.7. The number of anilines is 3. The van der Waals surface area contributed by atoms with E-state index in [0.29, 0.717) is 28.7 Å². The molecule has 0 aliphatic rings. The van der Waals surface area contributed by atoms with Crippen LogP contribution in [0.15, 0.2) is 271 Å². The minimum absolute atomic E-state index is 0.00766. The number of pyridine rings is 5. The fourth-order valence-electron chi connectivity index (χ4n) is 9.75. The predicted octanol–water partition coefficient (Wildman–Crippen LogP) is 17.5. The molecule has 672 valence electrons. The first kappa shape index (κ1) is 107. The van der Waals surface area contributed by atoms with Gasteiger partial charge in [0.1, 0.15) is 38.2 Å². The molecule has 2 radical (unpaired) electrons. The number of hydrogen-bond acceptors (Lipinski definition) is 26. The van der Waals surface area contributed by atoms with Crippen molar-refractivity contribution in [2.75, 3.05) is 110 Å². The molecule has 5 aromatic heterocycles. The maximum atomic E-state index is 12.1.